The maximum absolute atomic E-state index is 13.5. The molecule has 0 saturated carbocycles. The van der Waals surface area contributed by atoms with Gasteiger partial charge in [-0.3, -0.25) is 14.6 Å². The minimum atomic E-state index is -0.904. The average molecular weight is 440 g/mol. The first-order chi connectivity index (χ1) is 15.3. The Morgan fingerprint density at radius 3 is 2.69 bits per heavy atom. The Balaban J connectivity index is 1.70. The van der Waals surface area contributed by atoms with Crippen molar-refractivity contribution in [2.45, 2.75) is 50.9 Å². The molecular formula is C25H33N3O4. The summed E-state index contributed by atoms with van der Waals surface area (Å²) in [6.07, 6.45) is 2.39. The van der Waals surface area contributed by atoms with Gasteiger partial charge in [0.2, 0.25) is 0 Å². The normalized spacial score (nSPS) is 30.1. The van der Waals surface area contributed by atoms with E-state index in [0.717, 1.165) is 31.4 Å². The van der Waals surface area contributed by atoms with E-state index in [2.05, 4.69) is 33.7 Å². The molecule has 7 nitrogen and oxygen atoms in total. The van der Waals surface area contributed by atoms with Crippen LogP contribution in [0.2, 0.25) is 0 Å². The summed E-state index contributed by atoms with van der Waals surface area (Å²) in [4.78, 5) is 29.7. The van der Waals surface area contributed by atoms with Crippen LogP contribution in [-0.4, -0.2) is 66.7 Å². The summed E-state index contributed by atoms with van der Waals surface area (Å²) in [6.45, 7) is 5.37. The zero-order valence-electron chi connectivity index (χ0n) is 19.6. The van der Waals surface area contributed by atoms with Crippen molar-refractivity contribution in [3.05, 3.63) is 35.5 Å². The van der Waals surface area contributed by atoms with E-state index in [0.29, 0.717) is 6.42 Å². The third kappa shape index (κ3) is 2.87. The number of piperidine rings is 1. The van der Waals surface area contributed by atoms with Crippen molar-refractivity contribution in [2.75, 3.05) is 34.3 Å². The monoisotopic (exact) mass is 439 g/mol. The highest BCUT2D eigenvalue weighted by molar-refractivity contribution is 5.90. The second-order valence-corrected chi connectivity index (χ2v) is 9.88. The summed E-state index contributed by atoms with van der Waals surface area (Å²) < 4.78 is 13.3. The quantitative estimate of drug-likeness (QED) is 0.683. The number of para-hydroxylation sites is 1. The van der Waals surface area contributed by atoms with Crippen molar-refractivity contribution >= 4 is 22.8 Å². The highest BCUT2D eigenvalue weighted by atomic mass is 16.5. The van der Waals surface area contributed by atoms with Gasteiger partial charge in [-0.2, -0.15) is 0 Å². The fraction of sp³-hybridized carbons (Fsp3) is 0.600. The first-order valence-electron chi connectivity index (χ1n) is 11.6. The summed E-state index contributed by atoms with van der Waals surface area (Å²) in [5, 5.41) is 1.24. The molecule has 0 N–H and O–H groups in total. The molecule has 5 atom stereocenters. The summed E-state index contributed by atoms with van der Waals surface area (Å²) in [5.74, 6) is 0.0533. The number of likely N-dealkylation sites (N-methyl/N-ethyl adjacent to an activating group) is 1. The van der Waals surface area contributed by atoms with Crippen LogP contribution in [0.25, 0.3) is 10.9 Å². The molecule has 3 aliphatic rings. The molecule has 4 heterocycles. The molecule has 5 rings (SSSR count). The number of methoxy groups -OCH3 is 1. The fourth-order valence-corrected chi connectivity index (χ4v) is 6.74. The van der Waals surface area contributed by atoms with Crippen molar-refractivity contribution in [1.29, 1.82) is 0 Å². The van der Waals surface area contributed by atoms with Crippen LogP contribution >= 0.6 is 0 Å². The number of carbonyl (C=O) groups excluding carboxylic acids is 2. The number of carbonyl (C=O) groups is 2. The number of hydrogen-bond donors (Lipinski definition) is 0. The molecule has 0 radical (unpaired) electrons. The Hall–Kier alpha value is -2.38. The standard InChI is InChI=1S/C25H33N3O4/c1-15(32-16(2)29)18-12-17-13-25(26(3)4,24(30)31-5)28-21-9-7-6-8-19(21)20-10-11-27(14-18)22(17)23(20)28/h6-9,15,17-18,22H,10-14H2,1-5H3/t15-,17-,18+,22+,25+/m0/s1. The number of nitrogens with zero attached hydrogens (tertiary/aromatic N) is 3. The van der Waals surface area contributed by atoms with Gasteiger partial charge in [-0.25, -0.2) is 4.79 Å². The van der Waals surface area contributed by atoms with E-state index in [1.54, 1.807) is 0 Å². The second kappa shape index (κ2) is 7.59. The van der Waals surface area contributed by atoms with Crippen LogP contribution in [0.15, 0.2) is 24.3 Å². The van der Waals surface area contributed by atoms with E-state index in [9.17, 15) is 9.59 Å². The lowest BCUT2D eigenvalue weighted by atomic mass is 9.70. The van der Waals surface area contributed by atoms with Gasteiger partial charge < -0.3 is 14.0 Å². The van der Waals surface area contributed by atoms with E-state index in [1.165, 1.54) is 30.7 Å². The second-order valence-electron chi connectivity index (χ2n) is 9.88. The summed E-state index contributed by atoms with van der Waals surface area (Å²) in [7, 11) is 5.43. The van der Waals surface area contributed by atoms with Crippen LogP contribution in [0.3, 0.4) is 0 Å². The van der Waals surface area contributed by atoms with Gasteiger partial charge in [-0.15, -0.1) is 0 Å². The molecule has 172 valence electrons. The number of esters is 2. The lowest BCUT2D eigenvalue weighted by Gasteiger charge is -2.56. The molecule has 0 amide bonds. The van der Waals surface area contributed by atoms with E-state index in [1.807, 2.05) is 25.9 Å². The van der Waals surface area contributed by atoms with Crippen molar-refractivity contribution in [1.82, 2.24) is 14.4 Å². The SMILES string of the molecule is COC(=O)[C@@]1(N(C)C)C[C@@H]2C[C@@H]([C@H](C)OC(C)=O)CN3CCc4c(n1c1ccccc41)[C@@H]23. The highest BCUT2D eigenvalue weighted by Crippen LogP contribution is 2.55. The summed E-state index contributed by atoms with van der Waals surface area (Å²) >= 11 is 0. The van der Waals surface area contributed by atoms with Crippen molar-refractivity contribution < 1.29 is 19.1 Å². The van der Waals surface area contributed by atoms with Gasteiger partial charge in [0, 0.05) is 43.4 Å². The van der Waals surface area contributed by atoms with E-state index in [-0.39, 0.29) is 35.9 Å². The van der Waals surface area contributed by atoms with Crippen LogP contribution in [0, 0.1) is 11.8 Å². The number of fused-ring (bicyclic) bond motifs is 3. The third-order valence-electron chi connectivity index (χ3n) is 8.05. The Bertz CT molecular complexity index is 1080. The largest absolute Gasteiger partial charge is 0.466 e. The number of hydrogen-bond acceptors (Lipinski definition) is 6. The Morgan fingerprint density at radius 2 is 2.00 bits per heavy atom. The van der Waals surface area contributed by atoms with Gasteiger partial charge in [0.25, 0.3) is 0 Å². The molecule has 0 aliphatic carbocycles. The highest BCUT2D eigenvalue weighted by Gasteiger charge is 2.57. The first-order valence-corrected chi connectivity index (χ1v) is 11.6. The zero-order valence-corrected chi connectivity index (χ0v) is 19.6. The minimum Gasteiger partial charge on any atom is -0.466 e. The van der Waals surface area contributed by atoms with Gasteiger partial charge in [0.15, 0.2) is 5.66 Å². The van der Waals surface area contributed by atoms with Gasteiger partial charge >= 0.3 is 11.9 Å². The van der Waals surface area contributed by atoms with Crippen LogP contribution in [-0.2, 0) is 31.1 Å². The van der Waals surface area contributed by atoms with Crippen molar-refractivity contribution in [2.24, 2.45) is 11.8 Å². The number of rotatable bonds is 4. The first kappa shape index (κ1) is 21.5. The molecule has 32 heavy (non-hydrogen) atoms. The molecule has 7 heteroatoms. The number of aromatic nitrogens is 1. The number of benzene rings is 1. The van der Waals surface area contributed by atoms with Crippen LogP contribution in [0.4, 0.5) is 0 Å². The van der Waals surface area contributed by atoms with Gasteiger partial charge in [-0.1, -0.05) is 18.2 Å². The smallest absolute Gasteiger partial charge is 0.347 e. The predicted octanol–water partition coefficient (Wildman–Crippen LogP) is 2.92. The van der Waals surface area contributed by atoms with Crippen molar-refractivity contribution in [3.8, 4) is 0 Å². The van der Waals surface area contributed by atoms with Crippen LogP contribution < -0.4 is 0 Å². The average Bonchev–Trinajstić information content (AvgIpc) is 3.11. The topological polar surface area (TPSA) is 64.0 Å². The zero-order chi connectivity index (χ0) is 22.8. The summed E-state index contributed by atoms with van der Waals surface area (Å²) in [6, 6.07) is 8.73. The Morgan fingerprint density at radius 1 is 1.25 bits per heavy atom. The third-order valence-corrected chi connectivity index (χ3v) is 8.05. The van der Waals surface area contributed by atoms with Crippen LogP contribution in [0.1, 0.15) is 44.0 Å². The predicted molar refractivity (Wildman–Crippen MR) is 121 cm³/mol. The number of ether oxygens (including phenoxy) is 2. The molecule has 0 spiro atoms. The molecule has 1 saturated heterocycles. The van der Waals surface area contributed by atoms with E-state index in [4.69, 9.17) is 9.47 Å². The molecular weight excluding hydrogens is 406 g/mol. The molecule has 0 bridgehead atoms. The molecule has 2 aromatic rings. The molecule has 1 fully saturated rings. The van der Waals surface area contributed by atoms with Gasteiger partial charge in [0.05, 0.1) is 18.7 Å². The molecule has 1 aromatic carbocycles. The molecule has 0 unspecified atom stereocenters. The lowest BCUT2D eigenvalue weighted by Crippen LogP contribution is -2.62. The lowest BCUT2D eigenvalue weighted by molar-refractivity contribution is -0.169. The maximum Gasteiger partial charge on any atom is 0.347 e. The van der Waals surface area contributed by atoms with E-state index < -0.39 is 5.66 Å². The van der Waals surface area contributed by atoms with E-state index >= 15 is 0 Å². The molecule has 1 aromatic heterocycles. The summed E-state index contributed by atoms with van der Waals surface area (Å²) in [5.41, 5.74) is 2.84. The Labute approximate surface area is 189 Å². The molecule has 3 aliphatic heterocycles. The van der Waals surface area contributed by atoms with Gasteiger partial charge in [-0.05, 0) is 51.4 Å². The van der Waals surface area contributed by atoms with Crippen LogP contribution in [0.5, 0.6) is 0 Å². The maximum atomic E-state index is 13.5. The fourth-order valence-electron chi connectivity index (χ4n) is 6.74. The minimum absolute atomic E-state index is 0.144. The Kier molecular flexibility index (Phi) is 5.09. The van der Waals surface area contributed by atoms with Crippen molar-refractivity contribution in [3.63, 3.8) is 0 Å². The van der Waals surface area contributed by atoms with Gasteiger partial charge in [0.1, 0.15) is 6.10 Å².